The highest BCUT2D eigenvalue weighted by atomic mass is 16.5. The molecular weight excluding hydrogens is 230 g/mol. The summed E-state index contributed by atoms with van der Waals surface area (Å²) in [4.78, 5) is 20.4. The highest BCUT2D eigenvalue weighted by Crippen LogP contribution is 2.31. The molecule has 5 nitrogen and oxygen atoms in total. The van der Waals surface area contributed by atoms with Gasteiger partial charge in [-0.05, 0) is 38.7 Å². The van der Waals surface area contributed by atoms with Crippen molar-refractivity contribution in [3.8, 4) is 6.07 Å². The molecule has 0 spiro atoms. The zero-order valence-corrected chi connectivity index (χ0v) is 10.6. The lowest BCUT2D eigenvalue weighted by molar-refractivity contribution is -0.147. The molecule has 18 heavy (non-hydrogen) atoms. The third-order valence-corrected chi connectivity index (χ3v) is 3.26. The Hall–Kier alpha value is -1.96. The molecule has 0 radical (unpaired) electrons. The molecule has 2 rings (SSSR count). The second-order valence-electron chi connectivity index (χ2n) is 4.46. The highest BCUT2D eigenvalue weighted by Gasteiger charge is 2.41. The van der Waals surface area contributed by atoms with Crippen molar-refractivity contribution in [2.75, 3.05) is 6.61 Å². The lowest BCUT2D eigenvalue weighted by Crippen LogP contribution is -2.35. The van der Waals surface area contributed by atoms with E-state index in [-0.39, 0.29) is 6.61 Å². The third-order valence-electron chi connectivity index (χ3n) is 3.26. The molecule has 1 aromatic heterocycles. The standard InChI is InChI=1S/C13H15N3O2/c1-3-18-12(17)13(2,7-14)11-9-5-4-6-10(9)15-8-16-11/h8H,3-6H2,1-2H3. The summed E-state index contributed by atoms with van der Waals surface area (Å²) in [5.74, 6) is -0.541. The van der Waals surface area contributed by atoms with Crippen LogP contribution in [0.2, 0.25) is 0 Å². The molecule has 0 aromatic carbocycles. The Kier molecular flexibility index (Phi) is 3.28. The van der Waals surface area contributed by atoms with Crippen molar-refractivity contribution >= 4 is 5.97 Å². The molecule has 1 unspecified atom stereocenters. The summed E-state index contributed by atoms with van der Waals surface area (Å²) < 4.78 is 4.99. The number of hydrogen-bond donors (Lipinski definition) is 0. The molecule has 0 saturated carbocycles. The third kappa shape index (κ3) is 1.84. The van der Waals surface area contributed by atoms with Gasteiger partial charge in [0.25, 0.3) is 0 Å². The van der Waals surface area contributed by atoms with Crippen molar-refractivity contribution in [2.24, 2.45) is 0 Å². The predicted molar refractivity (Wildman–Crippen MR) is 63.7 cm³/mol. The Morgan fingerprint density at radius 2 is 2.33 bits per heavy atom. The first-order chi connectivity index (χ1) is 8.63. The number of carbonyl (C=O) groups excluding carboxylic acids is 1. The lowest BCUT2D eigenvalue weighted by Gasteiger charge is -2.21. The molecule has 1 heterocycles. The fourth-order valence-electron chi connectivity index (χ4n) is 2.26. The molecule has 94 valence electrons. The van der Waals surface area contributed by atoms with Gasteiger partial charge in [-0.1, -0.05) is 0 Å². The number of nitrogens with zero attached hydrogens (tertiary/aromatic N) is 3. The zero-order chi connectivity index (χ0) is 13.2. The number of rotatable bonds is 3. The molecular formula is C13H15N3O2. The average Bonchev–Trinajstić information content (AvgIpc) is 2.86. The van der Waals surface area contributed by atoms with Crippen LogP contribution in [-0.2, 0) is 27.8 Å². The Morgan fingerprint density at radius 1 is 1.56 bits per heavy atom. The number of carbonyl (C=O) groups is 1. The average molecular weight is 245 g/mol. The lowest BCUT2D eigenvalue weighted by atomic mass is 9.85. The SMILES string of the molecule is CCOC(=O)C(C)(C#N)c1ncnc2c1CCC2. The Morgan fingerprint density at radius 3 is 3.00 bits per heavy atom. The second kappa shape index (κ2) is 4.73. The number of aromatic nitrogens is 2. The first-order valence-corrected chi connectivity index (χ1v) is 6.05. The molecule has 0 saturated heterocycles. The summed E-state index contributed by atoms with van der Waals surface area (Å²) in [6.45, 7) is 3.54. The van der Waals surface area contributed by atoms with Gasteiger partial charge in [0.2, 0.25) is 0 Å². The fraction of sp³-hybridized carbons (Fsp3) is 0.538. The van der Waals surface area contributed by atoms with Crippen molar-refractivity contribution in [1.29, 1.82) is 5.26 Å². The van der Waals surface area contributed by atoms with Crippen LogP contribution in [0.1, 0.15) is 37.2 Å². The summed E-state index contributed by atoms with van der Waals surface area (Å²) >= 11 is 0. The summed E-state index contributed by atoms with van der Waals surface area (Å²) in [7, 11) is 0. The number of hydrogen-bond acceptors (Lipinski definition) is 5. The highest BCUT2D eigenvalue weighted by molar-refractivity contribution is 5.86. The van der Waals surface area contributed by atoms with Crippen LogP contribution in [-0.4, -0.2) is 22.5 Å². The van der Waals surface area contributed by atoms with Crippen molar-refractivity contribution in [1.82, 2.24) is 9.97 Å². The molecule has 1 aliphatic rings. The largest absolute Gasteiger partial charge is 0.465 e. The van der Waals surface area contributed by atoms with E-state index in [0.29, 0.717) is 5.69 Å². The number of aryl methyl sites for hydroxylation is 1. The topological polar surface area (TPSA) is 75.9 Å². The Labute approximate surface area is 106 Å². The van der Waals surface area contributed by atoms with E-state index in [9.17, 15) is 10.1 Å². The molecule has 0 amide bonds. The van der Waals surface area contributed by atoms with Crippen LogP contribution in [0.4, 0.5) is 0 Å². The van der Waals surface area contributed by atoms with Crippen LogP contribution in [0.15, 0.2) is 6.33 Å². The van der Waals surface area contributed by atoms with Gasteiger partial charge in [0, 0.05) is 5.69 Å². The Bertz CT molecular complexity index is 521. The molecule has 0 aliphatic heterocycles. The van der Waals surface area contributed by atoms with Crippen LogP contribution >= 0.6 is 0 Å². The minimum absolute atomic E-state index is 0.253. The molecule has 5 heteroatoms. The summed E-state index contributed by atoms with van der Waals surface area (Å²) in [5.41, 5.74) is 1.05. The molecule has 1 atom stereocenters. The van der Waals surface area contributed by atoms with E-state index in [1.807, 2.05) is 6.07 Å². The van der Waals surface area contributed by atoms with Crippen molar-refractivity contribution in [3.05, 3.63) is 23.3 Å². The summed E-state index contributed by atoms with van der Waals surface area (Å²) in [6, 6.07) is 2.04. The van der Waals surface area contributed by atoms with E-state index in [1.54, 1.807) is 13.8 Å². The van der Waals surface area contributed by atoms with Crippen molar-refractivity contribution in [2.45, 2.75) is 38.5 Å². The van der Waals surface area contributed by atoms with Gasteiger partial charge >= 0.3 is 5.97 Å². The maximum absolute atomic E-state index is 12.0. The first kappa shape index (κ1) is 12.5. The quantitative estimate of drug-likeness (QED) is 0.750. The Balaban J connectivity index is 2.49. The molecule has 0 N–H and O–H groups in total. The van der Waals surface area contributed by atoms with E-state index >= 15 is 0 Å². The zero-order valence-electron chi connectivity index (χ0n) is 10.6. The van der Waals surface area contributed by atoms with Crippen molar-refractivity contribution in [3.63, 3.8) is 0 Å². The van der Waals surface area contributed by atoms with Crippen LogP contribution in [0.5, 0.6) is 0 Å². The van der Waals surface area contributed by atoms with E-state index in [0.717, 1.165) is 30.5 Å². The predicted octanol–water partition coefficient (Wildman–Crippen LogP) is 1.31. The monoisotopic (exact) mass is 245 g/mol. The van der Waals surface area contributed by atoms with Gasteiger partial charge in [0.1, 0.15) is 6.33 Å². The van der Waals surface area contributed by atoms with Gasteiger partial charge in [0.05, 0.1) is 18.4 Å². The minimum Gasteiger partial charge on any atom is -0.465 e. The number of nitriles is 1. The van der Waals surface area contributed by atoms with Gasteiger partial charge in [-0.15, -0.1) is 0 Å². The molecule has 0 bridgehead atoms. The van der Waals surface area contributed by atoms with Gasteiger partial charge in [-0.25, -0.2) is 14.8 Å². The maximum Gasteiger partial charge on any atom is 0.332 e. The maximum atomic E-state index is 12.0. The van der Waals surface area contributed by atoms with Gasteiger partial charge in [-0.2, -0.15) is 5.26 Å². The summed E-state index contributed by atoms with van der Waals surface area (Å²) in [6.07, 6.45) is 4.12. The number of ether oxygens (including phenoxy) is 1. The van der Waals surface area contributed by atoms with Crippen LogP contribution in [0, 0.1) is 11.3 Å². The van der Waals surface area contributed by atoms with Gasteiger partial charge < -0.3 is 4.74 Å². The van der Waals surface area contributed by atoms with E-state index < -0.39 is 11.4 Å². The van der Waals surface area contributed by atoms with Gasteiger partial charge in [0.15, 0.2) is 5.41 Å². The number of esters is 1. The molecule has 1 aromatic rings. The molecule has 1 aliphatic carbocycles. The van der Waals surface area contributed by atoms with Gasteiger partial charge in [-0.3, -0.25) is 0 Å². The van der Waals surface area contributed by atoms with E-state index in [2.05, 4.69) is 9.97 Å². The fourth-order valence-corrected chi connectivity index (χ4v) is 2.26. The van der Waals surface area contributed by atoms with Crippen LogP contribution < -0.4 is 0 Å². The minimum atomic E-state index is -1.34. The van der Waals surface area contributed by atoms with E-state index in [1.165, 1.54) is 6.33 Å². The number of fused-ring (bicyclic) bond motifs is 1. The van der Waals surface area contributed by atoms with Crippen LogP contribution in [0.25, 0.3) is 0 Å². The summed E-state index contributed by atoms with van der Waals surface area (Å²) in [5, 5.41) is 9.36. The van der Waals surface area contributed by atoms with Crippen LogP contribution in [0.3, 0.4) is 0 Å². The molecule has 0 fully saturated rings. The smallest absolute Gasteiger partial charge is 0.332 e. The van der Waals surface area contributed by atoms with E-state index in [4.69, 9.17) is 4.74 Å². The normalized spacial score (nSPS) is 16.5. The first-order valence-electron chi connectivity index (χ1n) is 6.05. The van der Waals surface area contributed by atoms with Crippen molar-refractivity contribution < 1.29 is 9.53 Å². The second-order valence-corrected chi connectivity index (χ2v) is 4.46.